The third kappa shape index (κ3) is 3.22. The summed E-state index contributed by atoms with van der Waals surface area (Å²) in [4.78, 5) is 15.2. The number of benzene rings is 1. The molecule has 4 heterocycles. The second-order valence-corrected chi connectivity index (χ2v) is 8.42. The number of fused-ring (bicyclic) bond motifs is 1. The van der Waals surface area contributed by atoms with Gasteiger partial charge in [-0.1, -0.05) is 30.3 Å². The Kier molecular flexibility index (Phi) is 4.64. The van der Waals surface area contributed by atoms with E-state index in [1.165, 1.54) is 12.8 Å². The van der Waals surface area contributed by atoms with Gasteiger partial charge in [0, 0.05) is 38.2 Å². The van der Waals surface area contributed by atoms with Gasteiger partial charge in [-0.15, -0.1) is 10.2 Å². The summed E-state index contributed by atoms with van der Waals surface area (Å²) in [5, 5.41) is 15.8. The van der Waals surface area contributed by atoms with Crippen LogP contribution >= 0.6 is 0 Å². The van der Waals surface area contributed by atoms with E-state index >= 15 is 0 Å². The molecule has 3 aliphatic heterocycles. The van der Waals surface area contributed by atoms with E-state index in [0.717, 1.165) is 69.3 Å². The van der Waals surface area contributed by atoms with Crippen LogP contribution in [0, 0.1) is 5.41 Å². The first-order valence-corrected chi connectivity index (χ1v) is 10.4. The van der Waals surface area contributed by atoms with E-state index in [0.29, 0.717) is 5.41 Å². The summed E-state index contributed by atoms with van der Waals surface area (Å²) in [7, 11) is 0. The second kappa shape index (κ2) is 7.29. The Labute approximate surface area is 165 Å². The van der Waals surface area contributed by atoms with Crippen molar-refractivity contribution in [2.24, 2.45) is 5.41 Å². The van der Waals surface area contributed by atoms with Crippen LogP contribution in [0.2, 0.25) is 0 Å². The fourth-order valence-electron chi connectivity index (χ4n) is 4.99. The van der Waals surface area contributed by atoms with Gasteiger partial charge in [0.25, 0.3) is 0 Å². The Hall–Kier alpha value is -2.25. The number of nitrogens with zero attached hydrogens (tertiary/aromatic N) is 4. The van der Waals surface area contributed by atoms with Gasteiger partial charge in [0.05, 0.1) is 6.04 Å². The molecule has 5 rings (SSSR count). The molecule has 0 saturated carbocycles. The molecule has 1 aromatic carbocycles. The molecule has 0 radical (unpaired) electrons. The average molecular weight is 380 g/mol. The highest BCUT2D eigenvalue weighted by molar-refractivity contribution is 5.82. The number of rotatable bonds is 2. The molecule has 28 heavy (non-hydrogen) atoms. The third-order valence-corrected chi connectivity index (χ3v) is 6.69. The predicted molar refractivity (Wildman–Crippen MR) is 107 cm³/mol. The lowest BCUT2D eigenvalue weighted by Gasteiger charge is -2.33. The van der Waals surface area contributed by atoms with Crippen molar-refractivity contribution in [3.63, 3.8) is 0 Å². The monoisotopic (exact) mass is 380 g/mol. The van der Waals surface area contributed by atoms with E-state index in [1.807, 2.05) is 23.1 Å². The van der Waals surface area contributed by atoms with Crippen molar-refractivity contribution in [2.45, 2.75) is 38.3 Å². The Morgan fingerprint density at radius 2 is 1.89 bits per heavy atom. The molecule has 148 valence electrons. The van der Waals surface area contributed by atoms with Gasteiger partial charge in [-0.05, 0) is 37.8 Å². The molecule has 2 fully saturated rings. The number of nitrogens with one attached hydrogen (secondary N) is 2. The molecule has 1 aromatic heterocycles. The molecule has 7 heteroatoms. The summed E-state index contributed by atoms with van der Waals surface area (Å²) in [5.41, 5.74) is 1.39. The zero-order chi connectivity index (χ0) is 19.0. The van der Waals surface area contributed by atoms with Gasteiger partial charge in [-0.2, -0.15) is 0 Å². The molecule has 7 nitrogen and oxygen atoms in total. The van der Waals surface area contributed by atoms with Crippen molar-refractivity contribution in [2.75, 3.05) is 32.7 Å². The van der Waals surface area contributed by atoms with Gasteiger partial charge in [0.15, 0.2) is 5.82 Å². The smallest absolute Gasteiger partial charge is 0.239 e. The largest absolute Gasteiger partial charge is 0.339 e. The standard InChI is InChI=1S/C21H28N6O/c28-20(17-14-21(15-23-17)7-9-22-10-8-21)26-11-6-18-24-25-19(27(18)13-12-26)16-4-2-1-3-5-16/h1-5,17,22-23H,6-15H2/t17-/m1/s1. The van der Waals surface area contributed by atoms with Crippen molar-refractivity contribution in [3.05, 3.63) is 36.2 Å². The van der Waals surface area contributed by atoms with Crippen LogP contribution in [-0.2, 0) is 17.8 Å². The summed E-state index contributed by atoms with van der Waals surface area (Å²) in [5.74, 6) is 2.14. The quantitative estimate of drug-likeness (QED) is 0.815. The number of piperidine rings is 1. The maximum Gasteiger partial charge on any atom is 0.239 e. The molecule has 2 aromatic rings. The number of carbonyl (C=O) groups is 1. The predicted octanol–water partition coefficient (Wildman–Crippen LogP) is 1.06. The first-order valence-electron chi connectivity index (χ1n) is 10.4. The van der Waals surface area contributed by atoms with Gasteiger partial charge in [0.2, 0.25) is 5.91 Å². The lowest BCUT2D eigenvalue weighted by atomic mass is 9.77. The van der Waals surface area contributed by atoms with Crippen LogP contribution in [0.5, 0.6) is 0 Å². The van der Waals surface area contributed by atoms with Gasteiger partial charge >= 0.3 is 0 Å². The molecule has 0 aliphatic carbocycles. The van der Waals surface area contributed by atoms with Crippen molar-refractivity contribution >= 4 is 5.91 Å². The average Bonchev–Trinajstić information content (AvgIpc) is 3.27. The van der Waals surface area contributed by atoms with Crippen LogP contribution < -0.4 is 10.6 Å². The Morgan fingerprint density at radius 1 is 1.07 bits per heavy atom. The van der Waals surface area contributed by atoms with Gasteiger partial charge in [-0.25, -0.2) is 0 Å². The molecule has 3 aliphatic rings. The maximum atomic E-state index is 13.2. The normalized spacial score (nSPS) is 24.1. The zero-order valence-electron chi connectivity index (χ0n) is 16.2. The zero-order valence-corrected chi connectivity index (χ0v) is 16.2. The van der Waals surface area contributed by atoms with E-state index in [2.05, 4.69) is 37.5 Å². The van der Waals surface area contributed by atoms with Crippen molar-refractivity contribution < 1.29 is 4.79 Å². The SMILES string of the molecule is O=C([C@H]1CC2(CCNCC2)CN1)N1CCc2nnc(-c3ccccc3)n2CC1. The number of hydrogen-bond acceptors (Lipinski definition) is 5. The molecule has 2 N–H and O–H groups in total. The summed E-state index contributed by atoms with van der Waals surface area (Å²) in [6.07, 6.45) is 4.08. The molecular formula is C21H28N6O. The number of carbonyl (C=O) groups excluding carboxylic acids is 1. The van der Waals surface area contributed by atoms with E-state index < -0.39 is 0 Å². The lowest BCUT2D eigenvalue weighted by Crippen LogP contribution is -2.44. The van der Waals surface area contributed by atoms with Gasteiger partial charge in [0.1, 0.15) is 5.82 Å². The molecule has 0 bridgehead atoms. The van der Waals surface area contributed by atoms with Gasteiger partial charge < -0.3 is 20.1 Å². The van der Waals surface area contributed by atoms with Crippen LogP contribution in [0.25, 0.3) is 11.4 Å². The highest BCUT2D eigenvalue weighted by Gasteiger charge is 2.43. The Bertz CT molecular complexity index is 842. The Morgan fingerprint density at radius 3 is 2.71 bits per heavy atom. The summed E-state index contributed by atoms with van der Waals surface area (Å²) in [6, 6.07) is 10.1. The van der Waals surface area contributed by atoms with Gasteiger partial charge in [-0.3, -0.25) is 4.79 Å². The van der Waals surface area contributed by atoms with Crippen molar-refractivity contribution in [1.29, 1.82) is 0 Å². The minimum atomic E-state index is -0.0322. The molecule has 1 atom stereocenters. The summed E-state index contributed by atoms with van der Waals surface area (Å²) >= 11 is 0. The fraction of sp³-hybridized carbons (Fsp3) is 0.571. The molecule has 2 saturated heterocycles. The summed E-state index contributed by atoms with van der Waals surface area (Å²) < 4.78 is 2.18. The van der Waals surface area contributed by atoms with Crippen LogP contribution in [0.15, 0.2) is 30.3 Å². The topological polar surface area (TPSA) is 75.1 Å². The van der Waals surface area contributed by atoms with Crippen LogP contribution in [0.4, 0.5) is 0 Å². The highest BCUT2D eigenvalue weighted by atomic mass is 16.2. The lowest BCUT2D eigenvalue weighted by molar-refractivity contribution is -0.133. The number of hydrogen-bond donors (Lipinski definition) is 2. The highest BCUT2D eigenvalue weighted by Crippen LogP contribution is 2.37. The molecule has 1 spiro atoms. The minimum Gasteiger partial charge on any atom is -0.339 e. The molecular weight excluding hydrogens is 352 g/mol. The third-order valence-electron chi connectivity index (χ3n) is 6.69. The van der Waals surface area contributed by atoms with Crippen LogP contribution in [-0.4, -0.2) is 64.3 Å². The maximum absolute atomic E-state index is 13.2. The fourth-order valence-corrected chi connectivity index (χ4v) is 4.99. The van der Waals surface area contributed by atoms with Crippen molar-refractivity contribution in [1.82, 2.24) is 30.3 Å². The minimum absolute atomic E-state index is 0.0322. The van der Waals surface area contributed by atoms with E-state index in [4.69, 9.17) is 0 Å². The first kappa shape index (κ1) is 17.8. The summed E-state index contributed by atoms with van der Waals surface area (Å²) in [6.45, 7) is 5.31. The Balaban J connectivity index is 1.27. The van der Waals surface area contributed by atoms with E-state index in [9.17, 15) is 4.79 Å². The molecule has 1 amide bonds. The molecule has 0 unspecified atom stereocenters. The van der Waals surface area contributed by atoms with E-state index in [1.54, 1.807) is 0 Å². The van der Waals surface area contributed by atoms with Crippen LogP contribution in [0.3, 0.4) is 0 Å². The number of amides is 1. The van der Waals surface area contributed by atoms with Crippen LogP contribution in [0.1, 0.15) is 25.1 Å². The number of aromatic nitrogens is 3. The van der Waals surface area contributed by atoms with E-state index in [-0.39, 0.29) is 11.9 Å². The first-order chi connectivity index (χ1) is 13.7. The second-order valence-electron chi connectivity index (χ2n) is 8.42. The van der Waals surface area contributed by atoms with Crippen molar-refractivity contribution in [3.8, 4) is 11.4 Å².